The number of rotatable bonds is 3. The fourth-order valence-corrected chi connectivity index (χ4v) is 3.82. The van der Waals surface area contributed by atoms with Gasteiger partial charge in [0.25, 0.3) is 0 Å². The van der Waals surface area contributed by atoms with E-state index in [0.29, 0.717) is 24.5 Å². The normalized spacial score (nSPS) is 34.5. The van der Waals surface area contributed by atoms with Gasteiger partial charge in [-0.3, -0.25) is 0 Å². The van der Waals surface area contributed by atoms with Crippen molar-refractivity contribution in [3.8, 4) is 0 Å². The fourth-order valence-electron chi connectivity index (χ4n) is 3.82. The lowest BCUT2D eigenvalue weighted by molar-refractivity contribution is -0.128. The van der Waals surface area contributed by atoms with Gasteiger partial charge < -0.3 is 9.47 Å². The molecule has 0 radical (unpaired) electrons. The third kappa shape index (κ3) is 2.32. The van der Waals surface area contributed by atoms with Crippen LogP contribution in [0.4, 0.5) is 8.78 Å². The maximum Gasteiger partial charge on any atom is 0.181 e. The van der Waals surface area contributed by atoms with E-state index in [2.05, 4.69) is 4.99 Å². The molecule has 0 amide bonds. The van der Waals surface area contributed by atoms with E-state index in [-0.39, 0.29) is 18.1 Å². The van der Waals surface area contributed by atoms with Gasteiger partial charge in [0, 0.05) is 18.9 Å². The Balaban J connectivity index is 2.17. The summed E-state index contributed by atoms with van der Waals surface area (Å²) in [5.74, 6) is -0.339. The molecule has 2 aliphatic heterocycles. The van der Waals surface area contributed by atoms with Crippen LogP contribution in [0.25, 0.3) is 0 Å². The highest BCUT2D eigenvalue weighted by Crippen LogP contribution is 2.47. The van der Waals surface area contributed by atoms with Crippen LogP contribution >= 0.6 is 0 Å². The average molecular weight is 309 g/mol. The Morgan fingerprint density at radius 2 is 2.14 bits per heavy atom. The number of hydrogen-bond acceptors (Lipinski definition) is 3. The molecule has 1 aromatic carbocycles. The van der Waals surface area contributed by atoms with Gasteiger partial charge in [0.15, 0.2) is 5.90 Å². The number of hydrogen-bond donors (Lipinski definition) is 0. The molecule has 1 saturated heterocycles. The van der Waals surface area contributed by atoms with Crippen LogP contribution in [0.3, 0.4) is 0 Å². The molecule has 3 nitrogen and oxygen atoms in total. The molecule has 5 heteroatoms. The summed E-state index contributed by atoms with van der Waals surface area (Å²) < 4.78 is 40.3. The molecule has 1 fully saturated rings. The van der Waals surface area contributed by atoms with Crippen molar-refractivity contribution < 1.29 is 18.3 Å². The number of alkyl halides is 1. The standard InChI is InChI=1S/C17H21F2NO2/c1-3-14-16-15(8-9-21-14)22-11(2)20-17(16,10-18)12-6-4-5-7-13(12)19/h4-7,14-16H,3,8-10H2,1-2H3/t14-,15+,16-,17+/m0/s1. The van der Waals surface area contributed by atoms with Gasteiger partial charge in [-0.2, -0.15) is 0 Å². The topological polar surface area (TPSA) is 30.8 Å². The Morgan fingerprint density at radius 1 is 1.36 bits per heavy atom. The second kappa shape index (κ2) is 5.95. The van der Waals surface area contributed by atoms with Gasteiger partial charge in [0.1, 0.15) is 24.1 Å². The first-order valence-corrected chi connectivity index (χ1v) is 7.78. The lowest BCUT2D eigenvalue weighted by atomic mass is 9.70. The minimum atomic E-state index is -1.26. The second-order valence-electron chi connectivity index (χ2n) is 5.96. The Bertz CT molecular complexity index is 578. The molecule has 0 N–H and O–H groups in total. The van der Waals surface area contributed by atoms with E-state index in [1.54, 1.807) is 25.1 Å². The van der Waals surface area contributed by atoms with Crippen molar-refractivity contribution >= 4 is 5.90 Å². The van der Waals surface area contributed by atoms with Crippen molar-refractivity contribution in [2.24, 2.45) is 10.9 Å². The zero-order valence-corrected chi connectivity index (χ0v) is 12.9. The van der Waals surface area contributed by atoms with Crippen LogP contribution < -0.4 is 0 Å². The first-order valence-electron chi connectivity index (χ1n) is 7.78. The van der Waals surface area contributed by atoms with Gasteiger partial charge in [-0.05, 0) is 12.5 Å². The van der Waals surface area contributed by atoms with Crippen LogP contribution in [0, 0.1) is 11.7 Å². The van der Waals surface area contributed by atoms with Crippen molar-refractivity contribution in [1.29, 1.82) is 0 Å². The second-order valence-corrected chi connectivity index (χ2v) is 5.96. The SMILES string of the molecule is CC[C@@H]1OCC[C@H]2OC(C)=N[C@](CF)(c3ccccc3F)[C@@H]12. The van der Waals surface area contributed by atoms with E-state index in [1.807, 2.05) is 6.92 Å². The molecule has 2 heterocycles. The van der Waals surface area contributed by atoms with Gasteiger partial charge in [-0.15, -0.1) is 0 Å². The molecule has 3 rings (SSSR count). The van der Waals surface area contributed by atoms with E-state index >= 15 is 0 Å². The van der Waals surface area contributed by atoms with Crippen LogP contribution in [0.5, 0.6) is 0 Å². The van der Waals surface area contributed by atoms with E-state index in [9.17, 15) is 8.78 Å². The van der Waals surface area contributed by atoms with Gasteiger partial charge in [0.05, 0.1) is 18.6 Å². The Labute approximate surface area is 129 Å². The number of aliphatic imine (C=N–C) groups is 1. The van der Waals surface area contributed by atoms with E-state index in [0.717, 1.165) is 6.42 Å². The highest BCUT2D eigenvalue weighted by molar-refractivity contribution is 5.75. The molecular weight excluding hydrogens is 288 g/mol. The molecule has 120 valence electrons. The highest BCUT2D eigenvalue weighted by atomic mass is 19.1. The summed E-state index contributed by atoms with van der Waals surface area (Å²) in [7, 11) is 0. The monoisotopic (exact) mass is 309 g/mol. The first kappa shape index (κ1) is 15.4. The molecule has 0 aromatic heterocycles. The summed E-state index contributed by atoms with van der Waals surface area (Å²) in [6, 6.07) is 6.30. The molecule has 4 atom stereocenters. The van der Waals surface area contributed by atoms with Gasteiger partial charge in [-0.1, -0.05) is 25.1 Å². The van der Waals surface area contributed by atoms with Crippen LogP contribution in [-0.4, -0.2) is 31.4 Å². The van der Waals surface area contributed by atoms with Crippen molar-refractivity contribution in [3.05, 3.63) is 35.6 Å². The summed E-state index contributed by atoms with van der Waals surface area (Å²) in [5, 5.41) is 0. The molecule has 0 saturated carbocycles. The molecule has 1 aromatic rings. The number of halogens is 2. The average Bonchev–Trinajstić information content (AvgIpc) is 2.53. The van der Waals surface area contributed by atoms with Gasteiger partial charge in [0.2, 0.25) is 0 Å². The first-order chi connectivity index (χ1) is 10.6. The number of benzene rings is 1. The van der Waals surface area contributed by atoms with Crippen molar-refractivity contribution in [1.82, 2.24) is 0 Å². The van der Waals surface area contributed by atoms with Crippen molar-refractivity contribution in [2.75, 3.05) is 13.3 Å². The Kier molecular flexibility index (Phi) is 4.17. The van der Waals surface area contributed by atoms with E-state index < -0.39 is 18.0 Å². The third-order valence-corrected chi connectivity index (χ3v) is 4.71. The van der Waals surface area contributed by atoms with Crippen LogP contribution in [0.1, 0.15) is 32.3 Å². The molecule has 22 heavy (non-hydrogen) atoms. The predicted octanol–water partition coefficient (Wildman–Crippen LogP) is 3.62. The summed E-state index contributed by atoms with van der Waals surface area (Å²) in [6.45, 7) is 3.50. The largest absolute Gasteiger partial charge is 0.477 e. The third-order valence-electron chi connectivity index (χ3n) is 4.71. The van der Waals surface area contributed by atoms with Crippen molar-refractivity contribution in [3.63, 3.8) is 0 Å². The minimum Gasteiger partial charge on any atom is -0.477 e. The molecule has 0 spiro atoms. The summed E-state index contributed by atoms with van der Waals surface area (Å²) in [4.78, 5) is 4.45. The summed E-state index contributed by atoms with van der Waals surface area (Å²) in [5.41, 5.74) is -0.974. The highest BCUT2D eigenvalue weighted by Gasteiger charge is 2.54. The molecule has 2 aliphatic rings. The van der Waals surface area contributed by atoms with Gasteiger partial charge >= 0.3 is 0 Å². The maximum atomic E-state index is 14.4. The molecule has 0 bridgehead atoms. The maximum absolute atomic E-state index is 14.4. The van der Waals surface area contributed by atoms with Crippen LogP contribution in [-0.2, 0) is 15.0 Å². The predicted molar refractivity (Wildman–Crippen MR) is 80.2 cm³/mol. The van der Waals surface area contributed by atoms with Crippen molar-refractivity contribution in [2.45, 2.75) is 44.4 Å². The number of nitrogens with zero attached hydrogens (tertiary/aromatic N) is 1. The zero-order valence-electron chi connectivity index (χ0n) is 12.9. The molecule has 0 aliphatic carbocycles. The Morgan fingerprint density at radius 3 is 2.82 bits per heavy atom. The molecule has 0 unspecified atom stereocenters. The lowest BCUT2D eigenvalue weighted by Crippen LogP contribution is -2.56. The van der Waals surface area contributed by atoms with Crippen LogP contribution in [0.15, 0.2) is 29.3 Å². The van der Waals surface area contributed by atoms with E-state index in [1.165, 1.54) is 6.07 Å². The quantitative estimate of drug-likeness (QED) is 0.854. The lowest BCUT2D eigenvalue weighted by Gasteiger charge is -2.49. The smallest absolute Gasteiger partial charge is 0.181 e. The number of fused-ring (bicyclic) bond motifs is 1. The summed E-state index contributed by atoms with van der Waals surface area (Å²) >= 11 is 0. The zero-order chi connectivity index (χ0) is 15.7. The molecular formula is C17H21F2NO2. The number of ether oxygens (including phenoxy) is 2. The van der Waals surface area contributed by atoms with Gasteiger partial charge in [-0.25, -0.2) is 13.8 Å². The Hall–Kier alpha value is -1.49. The fraction of sp³-hybridized carbons (Fsp3) is 0.588. The van der Waals surface area contributed by atoms with Crippen LogP contribution in [0.2, 0.25) is 0 Å². The minimum absolute atomic E-state index is 0.188. The van der Waals surface area contributed by atoms with E-state index in [4.69, 9.17) is 9.47 Å². The summed E-state index contributed by atoms with van der Waals surface area (Å²) in [6.07, 6.45) is 1.01.